The van der Waals surface area contributed by atoms with Crippen LogP contribution >= 0.6 is 0 Å². The summed E-state index contributed by atoms with van der Waals surface area (Å²) < 4.78 is 27.3. The highest BCUT2D eigenvalue weighted by Gasteiger charge is 2.29. The van der Waals surface area contributed by atoms with Crippen molar-refractivity contribution in [3.05, 3.63) is 58.7 Å². The molecule has 0 atom stereocenters. The quantitative estimate of drug-likeness (QED) is 0.891. The molecule has 0 saturated carbocycles. The zero-order valence-corrected chi connectivity index (χ0v) is 16.2. The van der Waals surface area contributed by atoms with Crippen LogP contribution in [0.1, 0.15) is 39.9 Å². The molecule has 138 valence electrons. The smallest absolute Gasteiger partial charge is 0.255 e. The van der Waals surface area contributed by atoms with Gasteiger partial charge in [-0.2, -0.15) is 4.31 Å². The Morgan fingerprint density at radius 3 is 2.19 bits per heavy atom. The van der Waals surface area contributed by atoms with Gasteiger partial charge in [-0.1, -0.05) is 24.3 Å². The SMILES string of the molecule is Cc1ccc(C(=O)Nc2c(C)cccc2C)cc1S(=O)(=O)N1CCCC1. The summed E-state index contributed by atoms with van der Waals surface area (Å²) in [5.41, 5.74) is 3.70. The van der Waals surface area contributed by atoms with E-state index in [4.69, 9.17) is 0 Å². The monoisotopic (exact) mass is 372 g/mol. The van der Waals surface area contributed by atoms with Gasteiger partial charge in [-0.3, -0.25) is 4.79 Å². The number of hydrogen-bond acceptors (Lipinski definition) is 3. The molecule has 3 rings (SSSR count). The number of amides is 1. The molecule has 6 heteroatoms. The van der Waals surface area contributed by atoms with Gasteiger partial charge in [0.05, 0.1) is 4.90 Å². The van der Waals surface area contributed by atoms with Crippen LogP contribution in [0.25, 0.3) is 0 Å². The number of nitrogens with zero attached hydrogens (tertiary/aromatic N) is 1. The lowest BCUT2D eigenvalue weighted by Crippen LogP contribution is -2.28. The van der Waals surface area contributed by atoms with Gasteiger partial charge in [0, 0.05) is 24.3 Å². The number of carbonyl (C=O) groups excluding carboxylic acids is 1. The van der Waals surface area contributed by atoms with Gasteiger partial charge < -0.3 is 5.32 Å². The molecule has 1 heterocycles. The van der Waals surface area contributed by atoms with E-state index >= 15 is 0 Å². The number of benzene rings is 2. The van der Waals surface area contributed by atoms with E-state index in [0.29, 0.717) is 24.2 Å². The zero-order chi connectivity index (χ0) is 18.9. The number of sulfonamides is 1. The maximum atomic E-state index is 12.9. The fourth-order valence-electron chi connectivity index (χ4n) is 3.28. The van der Waals surface area contributed by atoms with E-state index in [2.05, 4.69) is 5.32 Å². The molecule has 0 radical (unpaired) electrons. The van der Waals surface area contributed by atoms with Gasteiger partial charge in [0.25, 0.3) is 5.91 Å². The predicted molar refractivity (Wildman–Crippen MR) is 103 cm³/mol. The van der Waals surface area contributed by atoms with Crippen molar-refractivity contribution in [3.8, 4) is 0 Å². The minimum Gasteiger partial charge on any atom is -0.322 e. The molecule has 1 amide bonds. The third-order valence-corrected chi connectivity index (χ3v) is 6.89. The van der Waals surface area contributed by atoms with Crippen LogP contribution in [0, 0.1) is 20.8 Å². The number of para-hydroxylation sites is 1. The van der Waals surface area contributed by atoms with E-state index in [1.54, 1.807) is 19.1 Å². The third-order valence-electron chi connectivity index (χ3n) is 4.85. The Labute approximate surface area is 155 Å². The van der Waals surface area contributed by atoms with Crippen LogP contribution in [0.3, 0.4) is 0 Å². The van der Waals surface area contributed by atoms with Gasteiger partial charge in [0.2, 0.25) is 10.0 Å². The molecule has 0 spiro atoms. The van der Waals surface area contributed by atoms with Crippen molar-refractivity contribution in [1.29, 1.82) is 0 Å². The van der Waals surface area contributed by atoms with Crippen LogP contribution in [-0.2, 0) is 10.0 Å². The van der Waals surface area contributed by atoms with Gasteiger partial charge in [0.1, 0.15) is 0 Å². The minimum atomic E-state index is -3.56. The molecule has 26 heavy (non-hydrogen) atoms. The largest absolute Gasteiger partial charge is 0.322 e. The number of carbonyl (C=O) groups is 1. The molecule has 0 aromatic heterocycles. The number of rotatable bonds is 4. The van der Waals surface area contributed by atoms with Crippen molar-refractivity contribution in [3.63, 3.8) is 0 Å². The molecular formula is C20H24N2O3S. The fourth-order valence-corrected chi connectivity index (χ4v) is 5.05. The lowest BCUT2D eigenvalue weighted by atomic mass is 10.1. The van der Waals surface area contributed by atoms with Crippen LogP contribution in [0.4, 0.5) is 5.69 Å². The summed E-state index contributed by atoms with van der Waals surface area (Å²) in [6.45, 7) is 6.71. The van der Waals surface area contributed by atoms with Gasteiger partial charge in [-0.25, -0.2) is 8.42 Å². The van der Waals surface area contributed by atoms with E-state index in [9.17, 15) is 13.2 Å². The summed E-state index contributed by atoms with van der Waals surface area (Å²) in [7, 11) is -3.56. The van der Waals surface area contributed by atoms with Gasteiger partial charge >= 0.3 is 0 Å². The van der Waals surface area contributed by atoms with Crippen molar-refractivity contribution < 1.29 is 13.2 Å². The average molecular weight is 372 g/mol. The van der Waals surface area contributed by atoms with E-state index in [-0.39, 0.29) is 10.8 Å². The van der Waals surface area contributed by atoms with Crippen LogP contribution in [0.15, 0.2) is 41.3 Å². The van der Waals surface area contributed by atoms with Crippen molar-refractivity contribution in [1.82, 2.24) is 4.31 Å². The van der Waals surface area contributed by atoms with Crippen LogP contribution < -0.4 is 5.32 Å². The summed E-state index contributed by atoms with van der Waals surface area (Å²) in [5.74, 6) is -0.305. The maximum Gasteiger partial charge on any atom is 0.255 e. The summed E-state index contributed by atoms with van der Waals surface area (Å²) >= 11 is 0. The van der Waals surface area contributed by atoms with E-state index in [0.717, 1.165) is 29.7 Å². The van der Waals surface area contributed by atoms with E-state index in [1.807, 2.05) is 32.0 Å². The van der Waals surface area contributed by atoms with Crippen molar-refractivity contribution in [2.75, 3.05) is 18.4 Å². The van der Waals surface area contributed by atoms with Crippen molar-refractivity contribution in [2.45, 2.75) is 38.5 Å². The maximum absolute atomic E-state index is 12.9. The first-order chi connectivity index (χ1) is 12.3. The highest BCUT2D eigenvalue weighted by Crippen LogP contribution is 2.26. The van der Waals surface area contributed by atoms with Crippen LogP contribution in [0.5, 0.6) is 0 Å². The Morgan fingerprint density at radius 1 is 0.962 bits per heavy atom. The first-order valence-corrected chi connectivity index (χ1v) is 10.2. The second-order valence-corrected chi connectivity index (χ2v) is 8.72. The molecule has 1 aliphatic rings. The average Bonchev–Trinajstić information content (AvgIpc) is 3.14. The third kappa shape index (κ3) is 3.52. The van der Waals surface area contributed by atoms with Crippen LogP contribution in [0.2, 0.25) is 0 Å². The molecular weight excluding hydrogens is 348 g/mol. The van der Waals surface area contributed by atoms with Gasteiger partial charge in [0.15, 0.2) is 0 Å². The molecule has 1 aliphatic heterocycles. The molecule has 0 unspecified atom stereocenters. The number of anilines is 1. The Morgan fingerprint density at radius 2 is 1.58 bits per heavy atom. The first-order valence-electron chi connectivity index (χ1n) is 8.79. The molecule has 0 bridgehead atoms. The highest BCUT2D eigenvalue weighted by atomic mass is 32.2. The summed E-state index contributed by atoms with van der Waals surface area (Å²) in [6.07, 6.45) is 1.76. The Bertz CT molecular complexity index is 925. The number of nitrogens with one attached hydrogen (secondary N) is 1. The molecule has 1 N–H and O–H groups in total. The number of aryl methyl sites for hydroxylation is 3. The fraction of sp³-hybridized carbons (Fsp3) is 0.350. The minimum absolute atomic E-state index is 0.216. The lowest BCUT2D eigenvalue weighted by Gasteiger charge is -2.18. The second-order valence-electron chi connectivity index (χ2n) is 6.81. The highest BCUT2D eigenvalue weighted by molar-refractivity contribution is 7.89. The standard InChI is InChI=1S/C20H24N2O3S/c1-14-9-10-17(13-18(14)26(24,25)22-11-4-5-12-22)20(23)21-19-15(2)7-6-8-16(19)3/h6-10,13H,4-5,11-12H2,1-3H3,(H,21,23). The number of hydrogen-bond donors (Lipinski definition) is 1. The predicted octanol–water partition coefficient (Wildman–Crippen LogP) is 3.65. The Kier molecular flexibility index (Phi) is 5.16. The lowest BCUT2D eigenvalue weighted by molar-refractivity contribution is 0.102. The molecule has 0 aliphatic carbocycles. The first kappa shape index (κ1) is 18.6. The van der Waals surface area contributed by atoms with Crippen LogP contribution in [-0.4, -0.2) is 31.7 Å². The normalized spacial score (nSPS) is 15.2. The zero-order valence-electron chi connectivity index (χ0n) is 15.4. The van der Waals surface area contributed by atoms with Crippen molar-refractivity contribution in [2.24, 2.45) is 0 Å². The summed E-state index contributed by atoms with van der Waals surface area (Å²) in [4.78, 5) is 12.9. The molecule has 1 fully saturated rings. The Hall–Kier alpha value is -2.18. The Balaban J connectivity index is 1.93. The van der Waals surface area contributed by atoms with E-state index < -0.39 is 10.0 Å². The molecule has 5 nitrogen and oxygen atoms in total. The summed E-state index contributed by atoms with van der Waals surface area (Å²) in [5, 5.41) is 2.92. The van der Waals surface area contributed by atoms with Crippen molar-refractivity contribution >= 4 is 21.6 Å². The molecule has 2 aromatic rings. The van der Waals surface area contributed by atoms with Gasteiger partial charge in [-0.05, 0) is 62.4 Å². The topological polar surface area (TPSA) is 66.5 Å². The molecule has 1 saturated heterocycles. The van der Waals surface area contributed by atoms with Gasteiger partial charge in [-0.15, -0.1) is 0 Å². The second kappa shape index (κ2) is 7.21. The molecule has 2 aromatic carbocycles. The van der Waals surface area contributed by atoms with E-state index in [1.165, 1.54) is 10.4 Å². The summed E-state index contributed by atoms with van der Waals surface area (Å²) in [6, 6.07) is 10.7.